The summed E-state index contributed by atoms with van der Waals surface area (Å²) < 4.78 is 0. The number of aromatic amines is 1. The standard InChI is InChI=1S/C28H23ClN6O4/c1-14(16-5-4-8-19(12-16)31-15(2)36)30-23-24(26(38)25(23)37)32-20-9-10-22-21(13-20)27(35-34-22)33-28(39)17-6-3-7-18(29)11-17/h3-14,30,32H,1-2H3,(H,31,36)(H2,33,34,35,39)/t14-/m1/s1. The minimum Gasteiger partial charge on any atom is -0.373 e. The normalized spacial score (nSPS) is 11.8. The zero-order valence-electron chi connectivity index (χ0n) is 20.9. The van der Waals surface area contributed by atoms with Gasteiger partial charge in [-0.3, -0.25) is 24.3 Å². The van der Waals surface area contributed by atoms with Crippen molar-refractivity contribution in [2.45, 2.75) is 19.9 Å². The number of aromatic nitrogens is 2. The van der Waals surface area contributed by atoms with E-state index in [1.807, 2.05) is 13.0 Å². The number of amides is 2. The van der Waals surface area contributed by atoms with Crippen LogP contribution in [0.1, 0.15) is 35.8 Å². The first kappa shape index (κ1) is 25.7. The number of anilines is 5. The third-order valence-electron chi connectivity index (χ3n) is 6.13. The molecule has 0 saturated heterocycles. The number of H-pyrrole nitrogens is 1. The first-order valence-electron chi connectivity index (χ1n) is 12.0. The van der Waals surface area contributed by atoms with Crippen LogP contribution in [0.5, 0.6) is 0 Å². The summed E-state index contributed by atoms with van der Waals surface area (Å²) in [5, 5.41) is 19.7. The average Bonchev–Trinajstić information content (AvgIpc) is 3.31. The molecule has 0 aliphatic carbocycles. The quantitative estimate of drug-likeness (QED) is 0.175. The minimum atomic E-state index is -0.640. The molecule has 0 bridgehead atoms. The van der Waals surface area contributed by atoms with Crippen molar-refractivity contribution < 1.29 is 9.59 Å². The highest BCUT2D eigenvalue weighted by Crippen LogP contribution is 2.29. The predicted octanol–water partition coefficient (Wildman–Crippen LogP) is 4.94. The monoisotopic (exact) mass is 542 g/mol. The number of hydrogen-bond acceptors (Lipinski definition) is 7. The number of halogens is 1. The van der Waals surface area contributed by atoms with Crippen molar-refractivity contribution in [3.63, 3.8) is 0 Å². The molecule has 196 valence electrons. The van der Waals surface area contributed by atoms with E-state index in [0.29, 0.717) is 38.7 Å². The van der Waals surface area contributed by atoms with Gasteiger partial charge in [-0.1, -0.05) is 29.8 Å². The number of nitrogens with one attached hydrogen (secondary N) is 5. The number of fused-ring (bicyclic) bond motifs is 1. The summed E-state index contributed by atoms with van der Waals surface area (Å²) in [5.74, 6) is -0.270. The topological polar surface area (TPSA) is 145 Å². The molecule has 1 heterocycles. The van der Waals surface area contributed by atoms with E-state index in [2.05, 4.69) is 31.5 Å². The smallest absolute Gasteiger partial charge is 0.256 e. The molecule has 39 heavy (non-hydrogen) atoms. The number of hydrogen-bond donors (Lipinski definition) is 5. The van der Waals surface area contributed by atoms with E-state index in [1.165, 1.54) is 6.92 Å². The summed E-state index contributed by atoms with van der Waals surface area (Å²) in [6.45, 7) is 3.27. The van der Waals surface area contributed by atoms with E-state index in [9.17, 15) is 19.2 Å². The summed E-state index contributed by atoms with van der Waals surface area (Å²) in [7, 11) is 0. The lowest BCUT2D eigenvalue weighted by Gasteiger charge is -2.20. The summed E-state index contributed by atoms with van der Waals surface area (Å²) in [6.07, 6.45) is 0. The van der Waals surface area contributed by atoms with Gasteiger partial charge in [0.15, 0.2) is 5.82 Å². The van der Waals surface area contributed by atoms with Crippen molar-refractivity contribution in [1.29, 1.82) is 0 Å². The number of carbonyl (C=O) groups is 2. The number of benzene rings is 3. The Morgan fingerprint density at radius 3 is 2.44 bits per heavy atom. The van der Waals surface area contributed by atoms with Gasteiger partial charge in [0.05, 0.1) is 5.52 Å². The van der Waals surface area contributed by atoms with E-state index in [0.717, 1.165) is 5.56 Å². The summed E-state index contributed by atoms with van der Waals surface area (Å²) in [6, 6.07) is 18.6. The molecule has 0 saturated carbocycles. The lowest BCUT2D eigenvalue weighted by atomic mass is 10.1. The molecule has 0 radical (unpaired) electrons. The van der Waals surface area contributed by atoms with Crippen LogP contribution in [-0.2, 0) is 4.79 Å². The Balaban J connectivity index is 1.36. The van der Waals surface area contributed by atoms with Crippen molar-refractivity contribution in [2.75, 3.05) is 21.3 Å². The number of nitrogens with zero attached hydrogens (tertiary/aromatic N) is 1. The molecule has 1 aromatic heterocycles. The van der Waals surface area contributed by atoms with Crippen LogP contribution in [0.3, 0.4) is 0 Å². The molecule has 2 amide bonds. The molecule has 0 aliphatic rings. The van der Waals surface area contributed by atoms with Gasteiger partial charge in [-0.15, -0.1) is 0 Å². The second-order valence-corrected chi connectivity index (χ2v) is 9.44. The Hall–Kier alpha value is -4.96. The molecule has 0 unspecified atom stereocenters. The maximum atomic E-state index is 12.7. The SMILES string of the molecule is CC(=O)Nc1cccc([C@@H](C)Nc2c(Nc3ccc4[nH]nc(NC(=O)c5cccc(Cl)c5)c4c3)c(=O)c2=O)c1. The molecule has 1 atom stereocenters. The Morgan fingerprint density at radius 2 is 1.67 bits per heavy atom. The summed E-state index contributed by atoms with van der Waals surface area (Å²) in [5.41, 5.74) is 2.06. The van der Waals surface area contributed by atoms with Crippen LogP contribution in [0.15, 0.2) is 76.3 Å². The van der Waals surface area contributed by atoms with Gasteiger partial charge < -0.3 is 21.3 Å². The fraction of sp³-hybridized carbons (Fsp3) is 0.107. The third-order valence-corrected chi connectivity index (χ3v) is 6.36. The van der Waals surface area contributed by atoms with Gasteiger partial charge >= 0.3 is 0 Å². The zero-order chi connectivity index (χ0) is 27.7. The van der Waals surface area contributed by atoms with Crippen molar-refractivity contribution in [3.05, 3.63) is 103 Å². The molecular weight excluding hydrogens is 520 g/mol. The first-order chi connectivity index (χ1) is 18.7. The first-order valence-corrected chi connectivity index (χ1v) is 12.4. The van der Waals surface area contributed by atoms with Crippen LogP contribution >= 0.6 is 11.6 Å². The second-order valence-electron chi connectivity index (χ2n) is 9.00. The maximum Gasteiger partial charge on any atom is 0.256 e. The van der Waals surface area contributed by atoms with Crippen LogP contribution in [0.25, 0.3) is 10.9 Å². The van der Waals surface area contributed by atoms with Gasteiger partial charge in [-0.25, -0.2) is 0 Å². The number of rotatable bonds is 8. The van der Waals surface area contributed by atoms with Crippen LogP contribution in [0.2, 0.25) is 5.02 Å². The van der Waals surface area contributed by atoms with Crippen LogP contribution in [0, 0.1) is 0 Å². The van der Waals surface area contributed by atoms with Crippen LogP contribution in [-0.4, -0.2) is 22.0 Å². The Kier molecular flexibility index (Phi) is 6.86. The Labute approximate surface area is 227 Å². The zero-order valence-corrected chi connectivity index (χ0v) is 21.6. The van der Waals surface area contributed by atoms with E-state index >= 15 is 0 Å². The van der Waals surface area contributed by atoms with Gasteiger partial charge in [0, 0.05) is 40.3 Å². The lowest BCUT2D eigenvalue weighted by Crippen LogP contribution is -2.37. The molecule has 0 fully saturated rings. The third kappa shape index (κ3) is 5.36. The van der Waals surface area contributed by atoms with E-state index in [-0.39, 0.29) is 29.2 Å². The highest BCUT2D eigenvalue weighted by atomic mass is 35.5. The largest absolute Gasteiger partial charge is 0.373 e. The Morgan fingerprint density at radius 1 is 0.897 bits per heavy atom. The van der Waals surface area contributed by atoms with Crippen LogP contribution in [0.4, 0.5) is 28.6 Å². The molecule has 4 aromatic carbocycles. The fourth-order valence-electron chi connectivity index (χ4n) is 4.18. The molecule has 5 rings (SSSR count). The minimum absolute atomic E-state index is 0.136. The van der Waals surface area contributed by atoms with Crippen molar-refractivity contribution in [1.82, 2.24) is 10.2 Å². The van der Waals surface area contributed by atoms with E-state index in [4.69, 9.17) is 11.6 Å². The van der Waals surface area contributed by atoms with Crippen molar-refractivity contribution in [2.24, 2.45) is 0 Å². The van der Waals surface area contributed by atoms with Gasteiger partial charge in [-0.2, -0.15) is 5.10 Å². The summed E-state index contributed by atoms with van der Waals surface area (Å²) >= 11 is 5.99. The molecule has 10 nitrogen and oxygen atoms in total. The predicted molar refractivity (Wildman–Crippen MR) is 153 cm³/mol. The fourth-order valence-corrected chi connectivity index (χ4v) is 4.37. The van der Waals surface area contributed by atoms with Crippen molar-refractivity contribution in [3.8, 4) is 0 Å². The molecular formula is C28H23ClN6O4. The molecule has 5 N–H and O–H groups in total. The lowest BCUT2D eigenvalue weighted by molar-refractivity contribution is -0.114. The Bertz CT molecular complexity index is 1800. The highest BCUT2D eigenvalue weighted by Gasteiger charge is 2.23. The van der Waals surface area contributed by atoms with Gasteiger partial charge in [0.25, 0.3) is 16.8 Å². The number of carbonyl (C=O) groups excluding carboxylic acids is 2. The molecule has 11 heteroatoms. The van der Waals surface area contributed by atoms with E-state index < -0.39 is 10.9 Å². The average molecular weight is 543 g/mol. The second kappa shape index (κ2) is 10.4. The van der Waals surface area contributed by atoms with E-state index in [1.54, 1.807) is 60.7 Å². The molecule has 0 spiro atoms. The van der Waals surface area contributed by atoms with Gasteiger partial charge in [0.2, 0.25) is 5.91 Å². The summed E-state index contributed by atoms with van der Waals surface area (Å²) in [4.78, 5) is 48.9. The molecule has 0 aliphatic heterocycles. The maximum absolute atomic E-state index is 12.7. The highest BCUT2D eigenvalue weighted by molar-refractivity contribution is 6.31. The van der Waals surface area contributed by atoms with Gasteiger partial charge in [0.1, 0.15) is 11.4 Å². The van der Waals surface area contributed by atoms with Crippen LogP contribution < -0.4 is 32.1 Å². The van der Waals surface area contributed by atoms with Crippen molar-refractivity contribution >= 4 is 62.9 Å². The van der Waals surface area contributed by atoms with Gasteiger partial charge in [-0.05, 0) is 61.0 Å². The molecule has 5 aromatic rings.